The van der Waals surface area contributed by atoms with Gasteiger partial charge in [0, 0.05) is 15.6 Å². The number of benzene rings is 2. The van der Waals surface area contributed by atoms with Crippen LogP contribution in [-0.4, -0.2) is 36.8 Å². The minimum absolute atomic E-state index is 0.244. The van der Waals surface area contributed by atoms with Crippen LogP contribution in [0.4, 0.5) is 10.8 Å². The van der Waals surface area contributed by atoms with E-state index in [1.165, 1.54) is 17.4 Å². The maximum absolute atomic E-state index is 13.0. The minimum Gasteiger partial charge on any atom is -0.299 e. The van der Waals surface area contributed by atoms with Crippen LogP contribution in [0.2, 0.25) is 10.0 Å². The van der Waals surface area contributed by atoms with Crippen LogP contribution in [0.5, 0.6) is 0 Å². The molecule has 1 N–H and O–H groups in total. The van der Waals surface area contributed by atoms with Crippen molar-refractivity contribution in [3.8, 4) is 10.6 Å². The Morgan fingerprint density at radius 1 is 1.13 bits per heavy atom. The molecule has 0 aliphatic carbocycles. The molecule has 11 heteroatoms. The molecular formula is C19H18Cl2N4O3S2. The third-order valence-corrected chi connectivity index (χ3v) is 6.69. The molecule has 0 fully saturated rings. The van der Waals surface area contributed by atoms with Crippen LogP contribution >= 0.6 is 34.5 Å². The molecule has 30 heavy (non-hydrogen) atoms. The van der Waals surface area contributed by atoms with Gasteiger partial charge < -0.3 is 0 Å². The SMILES string of the molecule is CCC(C(=O)Nc1nnc(-c2ccc(Cl)cc2)s1)N(c1cccc(Cl)c1)S(C)(=O)=O. The number of amides is 1. The third kappa shape index (κ3) is 5.28. The van der Waals surface area contributed by atoms with Gasteiger partial charge in [-0.15, -0.1) is 10.2 Å². The van der Waals surface area contributed by atoms with Crippen LogP contribution in [-0.2, 0) is 14.8 Å². The normalized spacial score (nSPS) is 12.4. The maximum atomic E-state index is 13.0. The number of hydrogen-bond acceptors (Lipinski definition) is 6. The summed E-state index contributed by atoms with van der Waals surface area (Å²) in [6.45, 7) is 1.73. The van der Waals surface area contributed by atoms with E-state index in [1.807, 2.05) is 0 Å². The molecule has 0 spiro atoms. The van der Waals surface area contributed by atoms with Crippen LogP contribution in [0, 0.1) is 0 Å². The Labute approximate surface area is 188 Å². The average Bonchev–Trinajstić information content (AvgIpc) is 3.13. The Morgan fingerprint density at radius 3 is 2.43 bits per heavy atom. The monoisotopic (exact) mass is 484 g/mol. The second-order valence-corrected chi connectivity index (χ2v) is 10.1. The van der Waals surface area contributed by atoms with Crippen molar-refractivity contribution in [2.24, 2.45) is 0 Å². The molecule has 0 aliphatic heterocycles. The topological polar surface area (TPSA) is 92.3 Å². The predicted octanol–water partition coefficient (Wildman–Crippen LogP) is 4.70. The Morgan fingerprint density at radius 2 is 1.83 bits per heavy atom. The van der Waals surface area contributed by atoms with Crippen molar-refractivity contribution >= 4 is 61.3 Å². The first kappa shape index (κ1) is 22.5. The second kappa shape index (κ2) is 9.30. The van der Waals surface area contributed by atoms with Gasteiger partial charge in [-0.05, 0) is 36.8 Å². The van der Waals surface area contributed by atoms with Gasteiger partial charge in [-0.3, -0.25) is 14.4 Å². The quantitative estimate of drug-likeness (QED) is 0.524. The molecule has 0 aliphatic rings. The lowest BCUT2D eigenvalue weighted by molar-refractivity contribution is -0.117. The summed E-state index contributed by atoms with van der Waals surface area (Å²) >= 11 is 13.1. The third-order valence-electron chi connectivity index (χ3n) is 4.14. The van der Waals surface area contributed by atoms with Crippen LogP contribution < -0.4 is 9.62 Å². The average molecular weight is 485 g/mol. The zero-order chi connectivity index (χ0) is 21.9. The Bertz CT molecular complexity index is 1150. The summed E-state index contributed by atoms with van der Waals surface area (Å²) in [6, 6.07) is 12.4. The van der Waals surface area contributed by atoms with E-state index in [0.717, 1.165) is 16.1 Å². The van der Waals surface area contributed by atoms with Gasteiger partial charge in [-0.1, -0.05) is 59.7 Å². The number of rotatable bonds is 7. The highest BCUT2D eigenvalue weighted by Gasteiger charge is 2.32. The fraction of sp³-hybridized carbons (Fsp3) is 0.211. The number of anilines is 2. The number of hydrogen-bond donors (Lipinski definition) is 1. The number of halogens is 2. The summed E-state index contributed by atoms with van der Waals surface area (Å²) in [7, 11) is -3.76. The minimum atomic E-state index is -3.76. The van der Waals surface area contributed by atoms with Crippen LogP contribution in [0.15, 0.2) is 48.5 Å². The molecule has 3 rings (SSSR count). The molecule has 1 heterocycles. The summed E-state index contributed by atoms with van der Waals surface area (Å²) in [4.78, 5) is 13.0. The van der Waals surface area contributed by atoms with Gasteiger partial charge in [-0.2, -0.15) is 0 Å². The number of carbonyl (C=O) groups excluding carboxylic acids is 1. The van der Waals surface area contributed by atoms with E-state index in [1.54, 1.807) is 49.4 Å². The first-order valence-corrected chi connectivity index (χ1v) is 12.3. The number of carbonyl (C=O) groups is 1. The first-order chi connectivity index (χ1) is 14.2. The van der Waals surface area contributed by atoms with Gasteiger partial charge in [-0.25, -0.2) is 8.42 Å². The lowest BCUT2D eigenvalue weighted by Crippen LogP contribution is -2.47. The van der Waals surface area contributed by atoms with Crippen molar-refractivity contribution in [1.29, 1.82) is 0 Å². The summed E-state index contributed by atoms with van der Waals surface area (Å²) in [5, 5.41) is 12.6. The lowest BCUT2D eigenvalue weighted by Gasteiger charge is -2.29. The molecule has 3 aromatic rings. The van der Waals surface area contributed by atoms with Crippen molar-refractivity contribution < 1.29 is 13.2 Å². The van der Waals surface area contributed by atoms with E-state index in [-0.39, 0.29) is 11.6 Å². The van der Waals surface area contributed by atoms with Gasteiger partial charge in [0.1, 0.15) is 11.0 Å². The molecule has 0 saturated carbocycles. The van der Waals surface area contributed by atoms with Gasteiger partial charge in [0.05, 0.1) is 11.9 Å². The molecule has 0 saturated heterocycles. The molecule has 1 unspecified atom stereocenters. The van der Waals surface area contributed by atoms with Gasteiger partial charge in [0.25, 0.3) is 0 Å². The first-order valence-electron chi connectivity index (χ1n) is 8.84. The van der Waals surface area contributed by atoms with Crippen molar-refractivity contribution in [1.82, 2.24) is 10.2 Å². The van der Waals surface area contributed by atoms with Crippen LogP contribution in [0.25, 0.3) is 10.6 Å². The number of nitrogens with one attached hydrogen (secondary N) is 1. The lowest BCUT2D eigenvalue weighted by atomic mass is 10.2. The van der Waals surface area contributed by atoms with E-state index >= 15 is 0 Å². The smallest absolute Gasteiger partial charge is 0.250 e. The fourth-order valence-electron chi connectivity index (χ4n) is 2.85. The van der Waals surface area contributed by atoms with Crippen molar-refractivity contribution in [3.63, 3.8) is 0 Å². The number of nitrogens with zero attached hydrogens (tertiary/aromatic N) is 3. The fourth-order valence-corrected chi connectivity index (χ4v) is 5.11. The standard InChI is InChI=1S/C19H18Cl2N4O3S2/c1-3-16(25(30(2,27)28)15-6-4-5-14(21)11-15)17(26)22-19-24-23-18(29-19)12-7-9-13(20)10-8-12/h4-11,16H,3H2,1-2H3,(H,22,24,26). The highest BCUT2D eigenvalue weighted by atomic mass is 35.5. The van der Waals surface area contributed by atoms with E-state index in [2.05, 4.69) is 15.5 Å². The van der Waals surface area contributed by atoms with Crippen molar-refractivity contribution in [2.45, 2.75) is 19.4 Å². The van der Waals surface area contributed by atoms with Crippen LogP contribution in [0.1, 0.15) is 13.3 Å². The molecule has 7 nitrogen and oxygen atoms in total. The van der Waals surface area contributed by atoms with Gasteiger partial charge >= 0.3 is 0 Å². The van der Waals surface area contributed by atoms with Crippen molar-refractivity contribution in [2.75, 3.05) is 15.9 Å². The van der Waals surface area contributed by atoms with E-state index < -0.39 is 22.0 Å². The molecule has 0 bridgehead atoms. The summed E-state index contributed by atoms with van der Waals surface area (Å²) < 4.78 is 26.0. The Hall–Kier alpha value is -2.20. The van der Waals surface area contributed by atoms with E-state index in [0.29, 0.717) is 20.7 Å². The molecule has 158 valence electrons. The van der Waals surface area contributed by atoms with Crippen LogP contribution in [0.3, 0.4) is 0 Å². The zero-order valence-corrected chi connectivity index (χ0v) is 19.2. The zero-order valence-electron chi connectivity index (χ0n) is 16.0. The number of sulfonamides is 1. The summed E-state index contributed by atoms with van der Waals surface area (Å²) in [5.74, 6) is -0.512. The summed E-state index contributed by atoms with van der Waals surface area (Å²) in [6.07, 6.45) is 1.29. The predicted molar refractivity (Wildman–Crippen MR) is 122 cm³/mol. The van der Waals surface area contributed by atoms with Crippen molar-refractivity contribution in [3.05, 3.63) is 58.6 Å². The molecule has 1 aromatic heterocycles. The Balaban J connectivity index is 1.85. The molecule has 1 atom stereocenters. The Kier molecular flexibility index (Phi) is 6.97. The maximum Gasteiger partial charge on any atom is 0.250 e. The van der Waals surface area contributed by atoms with Gasteiger partial charge in [0.15, 0.2) is 0 Å². The largest absolute Gasteiger partial charge is 0.299 e. The van der Waals surface area contributed by atoms with E-state index in [9.17, 15) is 13.2 Å². The second-order valence-electron chi connectivity index (χ2n) is 6.37. The molecular weight excluding hydrogens is 467 g/mol. The van der Waals surface area contributed by atoms with E-state index in [4.69, 9.17) is 23.2 Å². The highest BCUT2D eigenvalue weighted by molar-refractivity contribution is 7.92. The molecule has 1 amide bonds. The molecule has 0 radical (unpaired) electrons. The number of aromatic nitrogens is 2. The molecule has 2 aromatic carbocycles. The highest BCUT2D eigenvalue weighted by Crippen LogP contribution is 2.29. The summed E-state index contributed by atoms with van der Waals surface area (Å²) in [5.41, 5.74) is 1.12. The van der Waals surface area contributed by atoms with Gasteiger partial charge in [0.2, 0.25) is 21.1 Å².